The molecule has 0 heterocycles. The lowest BCUT2D eigenvalue weighted by atomic mass is 10.1. The van der Waals surface area contributed by atoms with Gasteiger partial charge in [-0.3, -0.25) is 10.1 Å². The third kappa shape index (κ3) is 3.16. The zero-order chi connectivity index (χ0) is 13.8. The highest BCUT2D eigenvalue weighted by molar-refractivity contribution is 5.66. The average Bonchev–Trinajstić information content (AvgIpc) is 2.66. The molecule has 0 bridgehead atoms. The first-order valence-electron chi connectivity index (χ1n) is 6.86. The van der Waals surface area contributed by atoms with Gasteiger partial charge in [0.2, 0.25) is 0 Å². The van der Waals surface area contributed by atoms with E-state index in [1.807, 2.05) is 0 Å². The van der Waals surface area contributed by atoms with E-state index in [1.54, 1.807) is 12.1 Å². The van der Waals surface area contributed by atoms with E-state index in [-0.39, 0.29) is 11.4 Å². The molecule has 0 radical (unpaired) electrons. The molecule has 2 rings (SSSR count). The average molecular weight is 263 g/mol. The number of rotatable bonds is 3. The fourth-order valence-corrected chi connectivity index (χ4v) is 2.78. The molecule has 2 N–H and O–H groups in total. The summed E-state index contributed by atoms with van der Waals surface area (Å²) in [5.74, 6) is 0. The monoisotopic (exact) mass is 263 g/mol. The van der Waals surface area contributed by atoms with Crippen LogP contribution in [-0.2, 0) is 0 Å². The summed E-state index contributed by atoms with van der Waals surface area (Å²) in [6, 6.07) is 5.52. The Labute approximate surface area is 113 Å². The molecule has 104 valence electrons. The van der Waals surface area contributed by atoms with Crippen molar-refractivity contribution < 1.29 is 4.92 Å². The van der Waals surface area contributed by atoms with Crippen molar-refractivity contribution in [1.29, 1.82) is 0 Å². The molecule has 0 aliphatic heterocycles. The van der Waals surface area contributed by atoms with Crippen molar-refractivity contribution in [3.05, 3.63) is 28.3 Å². The summed E-state index contributed by atoms with van der Waals surface area (Å²) in [7, 11) is 2.05. The number of nitro benzene ring substituents is 1. The quantitative estimate of drug-likeness (QED) is 0.393. The van der Waals surface area contributed by atoms with Crippen molar-refractivity contribution in [2.75, 3.05) is 17.7 Å². The normalized spacial score (nSPS) is 16.9. The highest BCUT2D eigenvalue weighted by Gasteiger charge is 2.19. The van der Waals surface area contributed by atoms with E-state index in [2.05, 4.69) is 11.9 Å². The minimum Gasteiger partial charge on any atom is -0.393 e. The zero-order valence-corrected chi connectivity index (χ0v) is 11.3. The van der Waals surface area contributed by atoms with Crippen molar-refractivity contribution >= 4 is 17.1 Å². The summed E-state index contributed by atoms with van der Waals surface area (Å²) in [5, 5.41) is 10.8. The molecule has 0 saturated heterocycles. The van der Waals surface area contributed by atoms with E-state index >= 15 is 0 Å². The van der Waals surface area contributed by atoms with Crippen LogP contribution >= 0.6 is 0 Å². The number of nitrogens with two attached hydrogens (primary N) is 1. The van der Waals surface area contributed by atoms with Gasteiger partial charge >= 0.3 is 0 Å². The van der Waals surface area contributed by atoms with Crippen molar-refractivity contribution in [2.45, 2.75) is 44.6 Å². The molecular weight excluding hydrogens is 242 g/mol. The maximum absolute atomic E-state index is 10.8. The van der Waals surface area contributed by atoms with Crippen LogP contribution in [0.1, 0.15) is 38.5 Å². The van der Waals surface area contributed by atoms with Crippen molar-refractivity contribution in [3.8, 4) is 0 Å². The van der Waals surface area contributed by atoms with Gasteiger partial charge in [-0.15, -0.1) is 0 Å². The Bertz CT molecular complexity index is 454. The van der Waals surface area contributed by atoms with Gasteiger partial charge in [0.1, 0.15) is 5.69 Å². The lowest BCUT2D eigenvalue weighted by Gasteiger charge is -2.29. The largest absolute Gasteiger partial charge is 0.393 e. The summed E-state index contributed by atoms with van der Waals surface area (Å²) in [6.07, 6.45) is 7.52. The van der Waals surface area contributed by atoms with Gasteiger partial charge in [-0.25, -0.2) is 0 Å². The summed E-state index contributed by atoms with van der Waals surface area (Å²) < 4.78 is 0. The molecule has 0 aromatic heterocycles. The first kappa shape index (κ1) is 13.6. The van der Waals surface area contributed by atoms with Crippen LogP contribution < -0.4 is 10.6 Å². The fraction of sp³-hybridized carbons (Fsp3) is 0.571. The van der Waals surface area contributed by atoms with Crippen LogP contribution in [0, 0.1) is 10.1 Å². The van der Waals surface area contributed by atoms with E-state index in [0.717, 1.165) is 5.69 Å². The second-order valence-corrected chi connectivity index (χ2v) is 5.26. The molecule has 0 amide bonds. The van der Waals surface area contributed by atoms with E-state index in [4.69, 9.17) is 5.73 Å². The Morgan fingerprint density at radius 1 is 1.26 bits per heavy atom. The third-order valence-electron chi connectivity index (χ3n) is 3.99. The smallest absolute Gasteiger partial charge is 0.292 e. The summed E-state index contributed by atoms with van der Waals surface area (Å²) in [4.78, 5) is 12.5. The second-order valence-electron chi connectivity index (χ2n) is 5.26. The molecule has 1 saturated carbocycles. The van der Waals surface area contributed by atoms with Crippen LogP contribution in [0.5, 0.6) is 0 Å². The molecule has 0 atom stereocenters. The molecule has 5 heteroatoms. The van der Waals surface area contributed by atoms with Gasteiger partial charge in [-0.1, -0.05) is 25.7 Å². The summed E-state index contributed by atoms with van der Waals surface area (Å²) in [5.41, 5.74) is 6.94. The number of hydrogen-bond acceptors (Lipinski definition) is 4. The van der Waals surface area contributed by atoms with Gasteiger partial charge in [0.15, 0.2) is 0 Å². The minimum absolute atomic E-state index is 0.0157. The Hall–Kier alpha value is -1.78. The highest BCUT2D eigenvalue weighted by Crippen LogP contribution is 2.30. The van der Waals surface area contributed by atoms with Crippen molar-refractivity contribution in [1.82, 2.24) is 0 Å². The lowest BCUT2D eigenvalue weighted by Crippen LogP contribution is -2.31. The first-order chi connectivity index (χ1) is 9.09. The predicted octanol–water partition coefficient (Wildman–Crippen LogP) is 3.34. The summed E-state index contributed by atoms with van der Waals surface area (Å²) >= 11 is 0. The maximum atomic E-state index is 10.8. The minimum atomic E-state index is -0.440. The van der Waals surface area contributed by atoms with E-state index in [9.17, 15) is 10.1 Å². The lowest BCUT2D eigenvalue weighted by molar-refractivity contribution is -0.383. The molecule has 19 heavy (non-hydrogen) atoms. The fourth-order valence-electron chi connectivity index (χ4n) is 2.78. The maximum Gasteiger partial charge on any atom is 0.292 e. The standard InChI is InChI=1S/C14H21N3O2/c1-16(11-6-4-2-3-5-7-11)12-8-9-14(17(18)19)13(15)10-12/h8-11H,2-7,15H2,1H3. The van der Waals surface area contributed by atoms with Crippen LogP contribution in [0.3, 0.4) is 0 Å². The molecule has 1 aliphatic rings. The van der Waals surface area contributed by atoms with Crippen LogP contribution in [0.2, 0.25) is 0 Å². The molecule has 1 aromatic rings. The second kappa shape index (κ2) is 5.91. The third-order valence-corrected chi connectivity index (χ3v) is 3.99. The van der Waals surface area contributed by atoms with Crippen LogP contribution in [0.25, 0.3) is 0 Å². The number of nitrogens with zero attached hydrogens (tertiary/aromatic N) is 2. The van der Waals surface area contributed by atoms with Crippen LogP contribution in [-0.4, -0.2) is 18.0 Å². The number of anilines is 2. The first-order valence-corrected chi connectivity index (χ1v) is 6.86. The number of nitrogen functional groups attached to an aromatic ring is 1. The highest BCUT2D eigenvalue weighted by atomic mass is 16.6. The topological polar surface area (TPSA) is 72.4 Å². The van der Waals surface area contributed by atoms with Gasteiger partial charge in [-0.05, 0) is 25.0 Å². The zero-order valence-electron chi connectivity index (χ0n) is 11.3. The van der Waals surface area contributed by atoms with Crippen molar-refractivity contribution in [3.63, 3.8) is 0 Å². The summed E-state index contributed by atoms with van der Waals surface area (Å²) in [6.45, 7) is 0. The molecule has 0 spiro atoms. The molecule has 5 nitrogen and oxygen atoms in total. The van der Waals surface area contributed by atoms with Crippen LogP contribution in [0.15, 0.2) is 18.2 Å². The molecule has 1 aromatic carbocycles. The Balaban J connectivity index is 2.16. The Morgan fingerprint density at radius 3 is 2.42 bits per heavy atom. The van der Waals surface area contributed by atoms with E-state index < -0.39 is 4.92 Å². The van der Waals surface area contributed by atoms with Gasteiger partial charge in [-0.2, -0.15) is 0 Å². The predicted molar refractivity (Wildman–Crippen MR) is 77.4 cm³/mol. The number of benzene rings is 1. The van der Waals surface area contributed by atoms with Crippen molar-refractivity contribution in [2.24, 2.45) is 0 Å². The van der Waals surface area contributed by atoms with E-state index in [1.165, 1.54) is 44.6 Å². The Morgan fingerprint density at radius 2 is 1.89 bits per heavy atom. The SMILES string of the molecule is CN(c1ccc([N+](=O)[O-])c(N)c1)C1CCCCCC1. The molecule has 0 unspecified atom stereocenters. The van der Waals surface area contributed by atoms with E-state index in [0.29, 0.717) is 6.04 Å². The van der Waals surface area contributed by atoms with Crippen LogP contribution in [0.4, 0.5) is 17.1 Å². The Kier molecular flexibility index (Phi) is 4.24. The number of nitro groups is 1. The molecule has 1 aliphatic carbocycles. The van der Waals surface area contributed by atoms with Gasteiger partial charge in [0, 0.05) is 24.8 Å². The number of hydrogen-bond donors (Lipinski definition) is 1. The van der Waals surface area contributed by atoms with Gasteiger partial charge in [0.05, 0.1) is 4.92 Å². The molecule has 1 fully saturated rings. The van der Waals surface area contributed by atoms with Gasteiger partial charge < -0.3 is 10.6 Å². The van der Waals surface area contributed by atoms with Gasteiger partial charge in [0.25, 0.3) is 5.69 Å². The molecular formula is C14H21N3O2.